The Morgan fingerprint density at radius 2 is 1.38 bits per heavy atom. The standard InChI is InChI=1S/C12H11F6O5P/c1-21-9-4-2-8(3-5-9)10(19)24(20,22-6-11(13,14)15)23-7-12(16,17)18/h2-5H,6-7H2,1H3. The molecule has 0 atom stereocenters. The van der Waals surface area contributed by atoms with Gasteiger partial charge < -0.3 is 4.74 Å². The second-order valence-electron chi connectivity index (χ2n) is 4.31. The average molecular weight is 380 g/mol. The predicted octanol–water partition coefficient (Wildman–Crippen LogP) is 4.19. The maximum atomic E-state index is 12.2. The first kappa shape index (κ1) is 20.5. The third-order valence-corrected chi connectivity index (χ3v) is 4.08. The van der Waals surface area contributed by atoms with Crippen molar-refractivity contribution in [2.75, 3.05) is 20.3 Å². The molecule has 1 aromatic carbocycles. The summed E-state index contributed by atoms with van der Waals surface area (Å²) in [5.74, 6) is 0.258. The number of halogens is 6. The van der Waals surface area contributed by atoms with E-state index in [1.54, 1.807) is 0 Å². The van der Waals surface area contributed by atoms with E-state index in [4.69, 9.17) is 4.74 Å². The molecule has 0 amide bonds. The lowest BCUT2D eigenvalue weighted by Crippen LogP contribution is -2.22. The third kappa shape index (κ3) is 6.50. The van der Waals surface area contributed by atoms with Gasteiger partial charge in [0.15, 0.2) is 13.2 Å². The van der Waals surface area contributed by atoms with Crippen molar-refractivity contribution in [1.82, 2.24) is 0 Å². The summed E-state index contributed by atoms with van der Waals surface area (Å²) in [6, 6.07) is 4.40. The van der Waals surface area contributed by atoms with Gasteiger partial charge in [0.2, 0.25) is 0 Å². The van der Waals surface area contributed by atoms with E-state index in [1.807, 2.05) is 0 Å². The van der Waals surface area contributed by atoms with Crippen LogP contribution < -0.4 is 4.74 Å². The number of ether oxygens (including phenoxy) is 1. The van der Waals surface area contributed by atoms with Gasteiger partial charge in [-0.1, -0.05) is 0 Å². The Hall–Kier alpha value is -1.58. The molecule has 0 radical (unpaired) electrons. The van der Waals surface area contributed by atoms with Crippen molar-refractivity contribution in [3.8, 4) is 5.75 Å². The summed E-state index contributed by atoms with van der Waals surface area (Å²) in [6.07, 6.45) is -10.0. The highest BCUT2D eigenvalue weighted by molar-refractivity contribution is 7.72. The quantitative estimate of drug-likeness (QED) is 0.525. The molecule has 12 heteroatoms. The SMILES string of the molecule is COc1ccc(C(=O)P(=O)(OCC(F)(F)F)OCC(F)(F)F)cc1. The van der Waals surface area contributed by atoms with Crippen LogP contribution in [0, 0.1) is 0 Å². The second kappa shape index (κ2) is 7.54. The molecule has 0 spiro atoms. The first-order valence-electron chi connectivity index (χ1n) is 6.08. The molecule has 0 unspecified atom stereocenters. The summed E-state index contributed by atoms with van der Waals surface area (Å²) in [5.41, 5.74) is -2.08. The van der Waals surface area contributed by atoms with Crippen molar-refractivity contribution >= 4 is 13.1 Å². The fraction of sp³-hybridized carbons (Fsp3) is 0.417. The van der Waals surface area contributed by atoms with Gasteiger partial charge in [0, 0.05) is 5.56 Å². The zero-order valence-corrected chi connectivity index (χ0v) is 12.9. The van der Waals surface area contributed by atoms with Crippen molar-refractivity contribution in [2.24, 2.45) is 0 Å². The molecule has 24 heavy (non-hydrogen) atoms. The van der Waals surface area contributed by atoms with Gasteiger partial charge in [0.25, 0.3) is 5.52 Å². The van der Waals surface area contributed by atoms with Crippen molar-refractivity contribution < 1.29 is 49.5 Å². The van der Waals surface area contributed by atoms with E-state index in [0.717, 1.165) is 12.1 Å². The molecule has 0 aliphatic rings. The summed E-state index contributed by atoms with van der Waals surface area (Å²) in [5, 5.41) is 0. The van der Waals surface area contributed by atoms with E-state index in [1.165, 1.54) is 19.2 Å². The zero-order chi connectivity index (χ0) is 18.6. The van der Waals surface area contributed by atoms with Crippen LogP contribution in [-0.4, -0.2) is 38.2 Å². The van der Waals surface area contributed by atoms with Gasteiger partial charge in [0.05, 0.1) is 7.11 Å². The van der Waals surface area contributed by atoms with Gasteiger partial charge in [-0.2, -0.15) is 26.3 Å². The number of alkyl halides is 6. The maximum Gasteiger partial charge on any atom is 0.412 e. The molecule has 1 rings (SSSR count). The number of hydrogen-bond acceptors (Lipinski definition) is 5. The van der Waals surface area contributed by atoms with Crippen molar-refractivity contribution in [3.63, 3.8) is 0 Å². The molecule has 5 nitrogen and oxygen atoms in total. The summed E-state index contributed by atoms with van der Waals surface area (Å²) in [7, 11) is -4.08. The fourth-order valence-electron chi connectivity index (χ4n) is 1.36. The Morgan fingerprint density at radius 3 is 1.71 bits per heavy atom. The predicted molar refractivity (Wildman–Crippen MR) is 68.9 cm³/mol. The van der Waals surface area contributed by atoms with Gasteiger partial charge in [-0.25, -0.2) is 0 Å². The number of carbonyl (C=O) groups excluding carboxylic acids is 1. The van der Waals surface area contributed by atoms with Crippen LogP contribution in [-0.2, 0) is 13.6 Å². The minimum absolute atomic E-state index is 0.258. The average Bonchev–Trinajstić information content (AvgIpc) is 2.49. The van der Waals surface area contributed by atoms with Gasteiger partial charge in [-0.3, -0.25) is 18.4 Å². The molecule has 1 aromatic rings. The lowest BCUT2D eigenvalue weighted by Gasteiger charge is -2.19. The normalized spacial score (nSPS) is 13.0. The Kier molecular flexibility index (Phi) is 6.43. The van der Waals surface area contributed by atoms with Crippen molar-refractivity contribution in [3.05, 3.63) is 29.8 Å². The number of benzene rings is 1. The third-order valence-electron chi connectivity index (χ3n) is 2.38. The molecular weight excluding hydrogens is 369 g/mol. The van der Waals surface area contributed by atoms with E-state index >= 15 is 0 Å². The number of hydrogen-bond donors (Lipinski definition) is 0. The van der Waals surface area contributed by atoms with Gasteiger partial charge in [-0.05, 0) is 24.3 Å². The molecule has 136 valence electrons. The molecular formula is C12H11F6O5P. The largest absolute Gasteiger partial charge is 0.497 e. The molecule has 0 bridgehead atoms. The van der Waals surface area contributed by atoms with Crippen molar-refractivity contribution in [1.29, 1.82) is 0 Å². The van der Waals surface area contributed by atoms with Crippen LogP contribution in [0.25, 0.3) is 0 Å². The van der Waals surface area contributed by atoms with Gasteiger partial charge in [-0.15, -0.1) is 0 Å². The topological polar surface area (TPSA) is 61.8 Å². The highest BCUT2D eigenvalue weighted by atomic mass is 31.2. The summed E-state index contributed by atoms with van der Waals surface area (Å²) in [4.78, 5) is 12.0. The van der Waals surface area contributed by atoms with Gasteiger partial charge in [0.1, 0.15) is 5.75 Å². The maximum absolute atomic E-state index is 12.2. The highest BCUT2D eigenvalue weighted by Gasteiger charge is 2.43. The van der Waals surface area contributed by atoms with Crippen LogP contribution in [0.15, 0.2) is 24.3 Å². The monoisotopic (exact) mass is 380 g/mol. The zero-order valence-electron chi connectivity index (χ0n) is 12.0. The minimum Gasteiger partial charge on any atom is -0.497 e. The smallest absolute Gasteiger partial charge is 0.412 e. The second-order valence-corrected chi connectivity index (χ2v) is 6.23. The Labute approximate surface area is 132 Å². The molecule has 0 saturated carbocycles. The Morgan fingerprint density at radius 1 is 0.958 bits per heavy atom. The summed E-state index contributed by atoms with van der Waals surface area (Å²) >= 11 is 0. The van der Waals surface area contributed by atoms with E-state index in [0.29, 0.717) is 0 Å². The van der Waals surface area contributed by atoms with Crippen LogP contribution in [0.1, 0.15) is 10.4 Å². The van der Waals surface area contributed by atoms with E-state index in [-0.39, 0.29) is 5.75 Å². The Balaban J connectivity index is 3.04. The minimum atomic E-state index is -5.37. The van der Waals surface area contributed by atoms with E-state index < -0.39 is 44.2 Å². The fourth-order valence-corrected chi connectivity index (χ4v) is 2.77. The number of carbonyl (C=O) groups is 1. The summed E-state index contributed by atoms with van der Waals surface area (Å²) in [6.45, 7) is -4.41. The Bertz CT molecular complexity index is 588. The first-order valence-corrected chi connectivity index (χ1v) is 7.62. The molecule has 0 saturated heterocycles. The van der Waals surface area contributed by atoms with Gasteiger partial charge >= 0.3 is 19.9 Å². The lowest BCUT2D eigenvalue weighted by atomic mass is 10.2. The summed E-state index contributed by atoms with van der Waals surface area (Å²) < 4.78 is 97.7. The van der Waals surface area contributed by atoms with Crippen LogP contribution >= 0.6 is 7.60 Å². The van der Waals surface area contributed by atoms with E-state index in [2.05, 4.69) is 9.05 Å². The first-order chi connectivity index (χ1) is 10.9. The molecule has 0 aliphatic heterocycles. The highest BCUT2D eigenvalue weighted by Crippen LogP contribution is 2.53. The lowest BCUT2D eigenvalue weighted by molar-refractivity contribution is -0.164. The number of methoxy groups -OCH3 is 1. The van der Waals surface area contributed by atoms with Crippen molar-refractivity contribution in [2.45, 2.75) is 12.4 Å². The van der Waals surface area contributed by atoms with Crippen LogP contribution in [0.4, 0.5) is 26.3 Å². The molecule has 0 aliphatic carbocycles. The molecule has 0 fully saturated rings. The molecule has 0 N–H and O–H groups in total. The molecule has 0 heterocycles. The van der Waals surface area contributed by atoms with Crippen LogP contribution in [0.2, 0.25) is 0 Å². The van der Waals surface area contributed by atoms with Crippen LogP contribution in [0.5, 0.6) is 5.75 Å². The molecule has 0 aromatic heterocycles. The van der Waals surface area contributed by atoms with Crippen LogP contribution in [0.3, 0.4) is 0 Å². The van der Waals surface area contributed by atoms with E-state index in [9.17, 15) is 35.7 Å². The number of rotatable bonds is 7.